The van der Waals surface area contributed by atoms with Gasteiger partial charge >= 0.3 is 0 Å². The highest BCUT2D eigenvalue weighted by molar-refractivity contribution is 6.01. The largest absolute Gasteiger partial charge is 0.345 e. The number of H-pyrrole nitrogens is 1. The highest BCUT2D eigenvalue weighted by Crippen LogP contribution is 2.40. The molecule has 6 aromatic heterocycles. The summed E-state index contributed by atoms with van der Waals surface area (Å²) in [5.41, 5.74) is 11.1. The van der Waals surface area contributed by atoms with E-state index in [1.54, 1.807) is 0 Å². The average molecular weight is 519 g/mol. The van der Waals surface area contributed by atoms with E-state index in [9.17, 15) is 0 Å². The predicted molar refractivity (Wildman–Crippen MR) is 162 cm³/mol. The van der Waals surface area contributed by atoms with Gasteiger partial charge in [0.15, 0.2) is 0 Å². The lowest BCUT2D eigenvalue weighted by atomic mass is 9.93. The van der Waals surface area contributed by atoms with Crippen molar-refractivity contribution in [1.82, 2.24) is 29.1 Å². The number of nitrogens with one attached hydrogen (secondary N) is 1. The van der Waals surface area contributed by atoms with Crippen molar-refractivity contribution < 1.29 is 0 Å². The molecule has 0 amide bonds. The van der Waals surface area contributed by atoms with E-state index in [1.807, 2.05) is 6.20 Å². The third-order valence-electron chi connectivity index (χ3n) is 8.09. The maximum atomic E-state index is 5.28. The normalized spacial score (nSPS) is 12.4. The Balaban J connectivity index is 1.64. The zero-order chi connectivity index (χ0) is 27.6. The minimum absolute atomic E-state index is 0.316. The lowest BCUT2D eigenvalue weighted by Crippen LogP contribution is -1.99. The molecule has 6 heteroatoms. The number of nitrogens with zero attached hydrogens (tertiary/aromatic N) is 5. The molecule has 0 saturated carbocycles. The second kappa shape index (κ2) is 9.37. The Labute approximate surface area is 230 Å². The monoisotopic (exact) mass is 518 g/mol. The van der Waals surface area contributed by atoms with Crippen LogP contribution in [0.2, 0.25) is 0 Å². The summed E-state index contributed by atoms with van der Waals surface area (Å²) in [6.07, 6.45) is 8.32. The van der Waals surface area contributed by atoms with Crippen LogP contribution in [0.1, 0.15) is 82.9 Å². The highest BCUT2D eigenvalue weighted by Gasteiger charge is 2.23. The van der Waals surface area contributed by atoms with Crippen LogP contribution in [0.3, 0.4) is 0 Å². The van der Waals surface area contributed by atoms with Crippen LogP contribution in [-0.2, 0) is 13.6 Å². The Hall–Kier alpha value is -3.93. The fourth-order valence-electron chi connectivity index (χ4n) is 6.01. The standard InChI is InChI=1S/C33H38N6/c1-9-39-13-11-22-23(19(4)5)14-28(36-32(22)39)26-17-38(8)33-30(26)24(20(6)7)15-27(37-33)25-16-35-31-29(25)21(18(2)3)10-12-34-31/h10-20H,9H2,1-8H3,(H,34,35). The molecule has 0 aliphatic heterocycles. The van der Waals surface area contributed by atoms with Crippen LogP contribution in [0.15, 0.2) is 49.1 Å². The molecule has 0 spiro atoms. The van der Waals surface area contributed by atoms with E-state index in [0.29, 0.717) is 17.8 Å². The number of hydrogen-bond acceptors (Lipinski definition) is 3. The Morgan fingerprint density at radius 1 is 0.795 bits per heavy atom. The molecule has 0 atom stereocenters. The Morgan fingerprint density at radius 3 is 2.15 bits per heavy atom. The predicted octanol–water partition coefficient (Wildman–Crippen LogP) is 8.52. The van der Waals surface area contributed by atoms with Crippen molar-refractivity contribution in [1.29, 1.82) is 0 Å². The number of rotatable bonds is 6. The fourth-order valence-corrected chi connectivity index (χ4v) is 6.01. The Kier molecular flexibility index (Phi) is 6.09. The van der Waals surface area contributed by atoms with E-state index < -0.39 is 0 Å². The number of aryl methyl sites for hydroxylation is 2. The van der Waals surface area contributed by atoms with Gasteiger partial charge in [-0.05, 0) is 65.6 Å². The van der Waals surface area contributed by atoms with Crippen molar-refractivity contribution in [2.75, 3.05) is 0 Å². The van der Waals surface area contributed by atoms with Gasteiger partial charge in [0, 0.05) is 65.7 Å². The van der Waals surface area contributed by atoms with Gasteiger partial charge in [0.2, 0.25) is 0 Å². The second-order valence-corrected chi connectivity index (χ2v) is 11.7. The average Bonchev–Trinajstić information content (AvgIpc) is 3.62. The molecular weight excluding hydrogens is 480 g/mol. The van der Waals surface area contributed by atoms with E-state index in [0.717, 1.165) is 51.4 Å². The maximum absolute atomic E-state index is 5.28. The van der Waals surface area contributed by atoms with Crippen LogP contribution < -0.4 is 0 Å². The minimum atomic E-state index is 0.316. The van der Waals surface area contributed by atoms with E-state index in [4.69, 9.17) is 9.97 Å². The SMILES string of the molecule is CCn1ccc2c(C(C)C)cc(-c3cn(C)c4nc(-c5c[nH]c6nccc(C(C)C)c56)cc(C(C)C)c34)nc21. The topological polar surface area (TPSA) is 64.3 Å². The molecule has 0 aromatic carbocycles. The van der Waals surface area contributed by atoms with Crippen molar-refractivity contribution in [3.05, 3.63) is 65.7 Å². The summed E-state index contributed by atoms with van der Waals surface area (Å²) in [7, 11) is 2.10. The summed E-state index contributed by atoms with van der Waals surface area (Å²) in [6, 6.07) is 8.92. The Bertz CT molecular complexity index is 1840. The number of aromatic amines is 1. The molecular formula is C33H38N6. The first kappa shape index (κ1) is 25.4. The molecule has 1 N–H and O–H groups in total. The van der Waals surface area contributed by atoms with E-state index in [1.165, 1.54) is 27.5 Å². The van der Waals surface area contributed by atoms with Crippen molar-refractivity contribution in [2.45, 2.75) is 72.8 Å². The van der Waals surface area contributed by atoms with Crippen molar-refractivity contribution in [3.8, 4) is 22.5 Å². The summed E-state index contributed by atoms with van der Waals surface area (Å²) in [5, 5.41) is 3.60. The lowest BCUT2D eigenvalue weighted by Gasteiger charge is -2.15. The van der Waals surface area contributed by atoms with E-state index in [2.05, 4.69) is 117 Å². The van der Waals surface area contributed by atoms with Crippen molar-refractivity contribution >= 4 is 33.1 Å². The number of fused-ring (bicyclic) bond motifs is 3. The number of aromatic nitrogens is 6. The molecule has 6 heterocycles. The minimum Gasteiger partial charge on any atom is -0.345 e. The highest BCUT2D eigenvalue weighted by atomic mass is 15.0. The second-order valence-electron chi connectivity index (χ2n) is 11.7. The van der Waals surface area contributed by atoms with Gasteiger partial charge in [0.1, 0.15) is 16.9 Å². The molecule has 6 nitrogen and oxygen atoms in total. The summed E-state index contributed by atoms with van der Waals surface area (Å²) in [6.45, 7) is 16.6. The van der Waals surface area contributed by atoms with Crippen LogP contribution in [-0.4, -0.2) is 29.1 Å². The third-order valence-corrected chi connectivity index (χ3v) is 8.09. The molecule has 0 unspecified atom stereocenters. The first-order valence-electron chi connectivity index (χ1n) is 14.2. The molecule has 0 aliphatic rings. The van der Waals surface area contributed by atoms with Gasteiger partial charge in [-0.15, -0.1) is 0 Å². The zero-order valence-electron chi connectivity index (χ0n) is 24.3. The smallest absolute Gasteiger partial charge is 0.141 e. The van der Waals surface area contributed by atoms with Gasteiger partial charge in [-0.2, -0.15) is 0 Å². The Morgan fingerprint density at radius 2 is 1.46 bits per heavy atom. The van der Waals surface area contributed by atoms with Crippen LogP contribution in [0.25, 0.3) is 55.6 Å². The molecule has 0 fully saturated rings. The van der Waals surface area contributed by atoms with Crippen LogP contribution in [0, 0.1) is 0 Å². The first-order chi connectivity index (χ1) is 18.7. The van der Waals surface area contributed by atoms with Gasteiger partial charge in [-0.25, -0.2) is 15.0 Å². The third kappa shape index (κ3) is 3.96. The zero-order valence-corrected chi connectivity index (χ0v) is 24.3. The van der Waals surface area contributed by atoms with Gasteiger partial charge < -0.3 is 14.1 Å². The van der Waals surface area contributed by atoms with Crippen molar-refractivity contribution in [3.63, 3.8) is 0 Å². The maximum Gasteiger partial charge on any atom is 0.141 e. The molecule has 0 saturated heterocycles. The number of pyridine rings is 3. The summed E-state index contributed by atoms with van der Waals surface area (Å²) >= 11 is 0. The van der Waals surface area contributed by atoms with Gasteiger partial charge in [-0.3, -0.25) is 0 Å². The van der Waals surface area contributed by atoms with Gasteiger partial charge in [-0.1, -0.05) is 41.5 Å². The van der Waals surface area contributed by atoms with Gasteiger partial charge in [0.25, 0.3) is 0 Å². The van der Waals surface area contributed by atoms with Crippen LogP contribution in [0.4, 0.5) is 0 Å². The molecule has 200 valence electrons. The molecule has 0 aliphatic carbocycles. The molecule has 0 radical (unpaired) electrons. The van der Waals surface area contributed by atoms with Crippen LogP contribution >= 0.6 is 0 Å². The summed E-state index contributed by atoms with van der Waals surface area (Å²) in [4.78, 5) is 18.5. The van der Waals surface area contributed by atoms with E-state index >= 15 is 0 Å². The van der Waals surface area contributed by atoms with Gasteiger partial charge in [0.05, 0.1) is 11.4 Å². The first-order valence-corrected chi connectivity index (χ1v) is 14.2. The molecule has 6 rings (SSSR count). The summed E-state index contributed by atoms with van der Waals surface area (Å²) < 4.78 is 4.41. The van der Waals surface area contributed by atoms with E-state index in [-0.39, 0.29) is 0 Å². The quantitative estimate of drug-likeness (QED) is 0.240. The molecule has 39 heavy (non-hydrogen) atoms. The molecule has 0 bridgehead atoms. The van der Waals surface area contributed by atoms with Crippen molar-refractivity contribution in [2.24, 2.45) is 7.05 Å². The number of hydrogen-bond donors (Lipinski definition) is 1. The summed E-state index contributed by atoms with van der Waals surface area (Å²) in [5.74, 6) is 1.10. The van der Waals surface area contributed by atoms with Crippen LogP contribution in [0.5, 0.6) is 0 Å². The molecule has 6 aromatic rings. The fraction of sp³-hybridized carbons (Fsp3) is 0.364. The lowest BCUT2D eigenvalue weighted by molar-refractivity contribution is 0.787.